The predicted octanol–water partition coefficient (Wildman–Crippen LogP) is 3.26. The lowest BCUT2D eigenvalue weighted by atomic mass is 10.0. The molecule has 3 fully saturated rings. The van der Waals surface area contributed by atoms with Gasteiger partial charge in [-0.1, -0.05) is 0 Å². The van der Waals surface area contributed by atoms with E-state index in [1.807, 2.05) is 4.90 Å². The zero-order valence-electron chi connectivity index (χ0n) is 25.5. The zero-order valence-corrected chi connectivity index (χ0v) is 26.3. The van der Waals surface area contributed by atoms with Crippen molar-refractivity contribution in [2.75, 3.05) is 57.9 Å². The fraction of sp³-hybridized carbons (Fsp3) is 0.452. The molecule has 0 aliphatic carbocycles. The highest BCUT2D eigenvalue weighted by Gasteiger charge is 2.29. The average Bonchev–Trinajstić information content (AvgIpc) is 3.67. The average molecular weight is 669 g/mol. The molecule has 0 bridgehead atoms. The number of hydrogen-bond donors (Lipinski definition) is 1. The number of hydrogen-bond acceptors (Lipinski definition) is 10. The van der Waals surface area contributed by atoms with Gasteiger partial charge in [-0.15, -0.1) is 11.8 Å². The van der Waals surface area contributed by atoms with Crippen molar-refractivity contribution >= 4 is 34.9 Å². The summed E-state index contributed by atoms with van der Waals surface area (Å²) >= 11 is 1.55. The van der Waals surface area contributed by atoms with Crippen molar-refractivity contribution in [3.05, 3.63) is 54.6 Å². The van der Waals surface area contributed by atoms with Crippen LogP contribution in [-0.4, -0.2) is 117 Å². The van der Waals surface area contributed by atoms with Crippen LogP contribution >= 0.6 is 11.8 Å². The summed E-state index contributed by atoms with van der Waals surface area (Å²) in [6, 6.07) is 6.98. The van der Waals surface area contributed by atoms with Gasteiger partial charge in [0, 0.05) is 61.3 Å². The number of rotatable bonds is 10. The minimum atomic E-state index is -3.08. The molecule has 13 nitrogen and oxygen atoms in total. The second kappa shape index (κ2) is 13.9. The van der Waals surface area contributed by atoms with E-state index in [2.05, 4.69) is 25.4 Å². The quantitative estimate of drug-likeness (QED) is 0.269. The number of amides is 2. The first-order valence-corrected chi connectivity index (χ1v) is 16.4. The zero-order chi connectivity index (χ0) is 32.3. The number of fused-ring (bicyclic) bond motifs is 1. The summed E-state index contributed by atoms with van der Waals surface area (Å²) in [4.78, 5) is 36.3. The molecule has 1 N–H and O–H groups in total. The molecule has 3 aliphatic rings. The Labute approximate surface area is 273 Å². The summed E-state index contributed by atoms with van der Waals surface area (Å²) in [5.74, 6) is -0.754. The maximum Gasteiger partial charge on any atom is 0.387 e. The molecule has 47 heavy (non-hydrogen) atoms. The first kappa shape index (κ1) is 31.5. The van der Waals surface area contributed by atoms with Crippen LogP contribution in [0.3, 0.4) is 0 Å². The molecule has 7 rings (SSSR count). The standard InChI is InChI=1S/C31H34F2N8O5S/c32-31(33)46-26-3-2-21(47-22-18-45-19-22)14-23(26)28-25(36-30(43)24-15-35-41-7-1-6-34-29(24)41)16-40(37-28)17-27(42)39-8-4-20(5-9-39)38-10-12-44-13-11-38/h1-3,6-7,14-16,20,22,31H,4-5,8-13,17-19H2,(H,36,43). The van der Waals surface area contributed by atoms with Crippen LogP contribution in [0, 0.1) is 0 Å². The van der Waals surface area contributed by atoms with E-state index in [-0.39, 0.29) is 46.0 Å². The molecule has 16 heteroatoms. The number of anilines is 1. The van der Waals surface area contributed by atoms with Gasteiger partial charge in [-0.3, -0.25) is 19.2 Å². The van der Waals surface area contributed by atoms with Gasteiger partial charge in [-0.05, 0) is 37.1 Å². The van der Waals surface area contributed by atoms with Crippen molar-refractivity contribution in [1.29, 1.82) is 0 Å². The molecule has 6 heterocycles. The topological polar surface area (TPSA) is 128 Å². The van der Waals surface area contributed by atoms with E-state index >= 15 is 0 Å². The van der Waals surface area contributed by atoms with Gasteiger partial charge in [0.2, 0.25) is 5.91 Å². The molecule has 0 saturated carbocycles. The Morgan fingerprint density at radius 2 is 1.91 bits per heavy atom. The van der Waals surface area contributed by atoms with Crippen LogP contribution in [0.25, 0.3) is 16.9 Å². The van der Waals surface area contributed by atoms with Crippen LogP contribution in [-0.2, 0) is 20.8 Å². The molecule has 248 valence electrons. The van der Waals surface area contributed by atoms with E-state index in [4.69, 9.17) is 14.2 Å². The molecule has 0 spiro atoms. The molecule has 2 amide bonds. The van der Waals surface area contributed by atoms with Crippen LogP contribution in [0.2, 0.25) is 0 Å². The molecule has 1 aromatic carbocycles. The Hall–Kier alpha value is -4.12. The van der Waals surface area contributed by atoms with Gasteiger partial charge in [0.05, 0.1) is 43.6 Å². The summed E-state index contributed by atoms with van der Waals surface area (Å²) in [6.07, 6.45) is 7.90. The van der Waals surface area contributed by atoms with Crippen molar-refractivity contribution in [2.24, 2.45) is 0 Å². The summed E-state index contributed by atoms with van der Waals surface area (Å²) in [6.45, 7) is 2.51. The lowest BCUT2D eigenvalue weighted by Crippen LogP contribution is -2.50. The number of nitrogens with zero attached hydrogens (tertiary/aromatic N) is 7. The van der Waals surface area contributed by atoms with Crippen molar-refractivity contribution in [3.8, 4) is 17.0 Å². The van der Waals surface area contributed by atoms with Crippen LogP contribution in [0.1, 0.15) is 23.2 Å². The summed E-state index contributed by atoms with van der Waals surface area (Å²) in [5, 5.41) is 11.9. The van der Waals surface area contributed by atoms with E-state index in [1.54, 1.807) is 42.4 Å². The number of carbonyl (C=O) groups excluding carboxylic acids is 2. The van der Waals surface area contributed by atoms with Gasteiger partial charge in [-0.2, -0.15) is 19.0 Å². The van der Waals surface area contributed by atoms with E-state index in [0.29, 0.717) is 38.0 Å². The molecule has 0 unspecified atom stereocenters. The van der Waals surface area contributed by atoms with Crippen LogP contribution in [0.4, 0.5) is 14.5 Å². The van der Waals surface area contributed by atoms with E-state index < -0.39 is 12.5 Å². The Morgan fingerprint density at radius 1 is 1.11 bits per heavy atom. The summed E-state index contributed by atoms with van der Waals surface area (Å²) in [5.41, 5.74) is 1.21. The maximum absolute atomic E-state index is 13.6. The lowest BCUT2D eigenvalue weighted by Gasteiger charge is -2.40. The van der Waals surface area contributed by atoms with Crippen LogP contribution in [0.5, 0.6) is 5.75 Å². The number of ether oxygens (including phenoxy) is 3. The number of aromatic nitrogens is 5. The number of halogens is 2. The van der Waals surface area contributed by atoms with Crippen LogP contribution < -0.4 is 10.1 Å². The smallest absolute Gasteiger partial charge is 0.387 e. The first-order valence-electron chi connectivity index (χ1n) is 15.5. The lowest BCUT2D eigenvalue weighted by molar-refractivity contribution is -0.133. The molecule has 4 aromatic rings. The predicted molar refractivity (Wildman–Crippen MR) is 168 cm³/mol. The number of piperidine rings is 1. The Bertz CT molecular complexity index is 1730. The van der Waals surface area contributed by atoms with Gasteiger partial charge in [0.25, 0.3) is 5.91 Å². The van der Waals surface area contributed by atoms with Gasteiger partial charge in [0.1, 0.15) is 23.6 Å². The minimum absolute atomic E-state index is 0.0950. The fourth-order valence-corrected chi connectivity index (χ4v) is 7.12. The Kier molecular flexibility index (Phi) is 9.33. The summed E-state index contributed by atoms with van der Waals surface area (Å²) < 4.78 is 45.7. The first-order chi connectivity index (χ1) is 22.9. The second-order valence-corrected chi connectivity index (χ2v) is 12.9. The third-order valence-electron chi connectivity index (χ3n) is 8.54. The molecule has 3 aliphatic heterocycles. The van der Waals surface area contributed by atoms with Gasteiger partial charge in [0.15, 0.2) is 5.65 Å². The SMILES string of the molecule is O=C(Nc1cn(CC(=O)N2CCC(N3CCOCC3)CC2)nc1-c1cc(SC2COC2)ccc1OC(F)F)c1cnn2cccnc12. The van der Waals surface area contributed by atoms with E-state index in [0.717, 1.165) is 44.0 Å². The molecule has 0 atom stereocenters. The van der Waals surface area contributed by atoms with Gasteiger partial charge >= 0.3 is 6.61 Å². The number of carbonyl (C=O) groups is 2. The third-order valence-corrected chi connectivity index (χ3v) is 9.67. The highest BCUT2D eigenvalue weighted by atomic mass is 32.2. The third kappa shape index (κ3) is 7.10. The Balaban J connectivity index is 1.16. The molecule has 0 radical (unpaired) electrons. The normalized spacial score (nSPS) is 18.1. The van der Waals surface area contributed by atoms with Crippen molar-refractivity contribution in [1.82, 2.24) is 34.2 Å². The number of morpholine rings is 1. The highest BCUT2D eigenvalue weighted by molar-refractivity contribution is 8.00. The highest BCUT2D eigenvalue weighted by Crippen LogP contribution is 2.39. The molecule has 3 saturated heterocycles. The van der Waals surface area contributed by atoms with E-state index in [9.17, 15) is 18.4 Å². The number of benzene rings is 1. The van der Waals surface area contributed by atoms with Gasteiger partial charge in [-0.25, -0.2) is 9.50 Å². The second-order valence-electron chi connectivity index (χ2n) is 11.6. The fourth-order valence-electron chi connectivity index (χ4n) is 6.07. The van der Waals surface area contributed by atoms with Crippen LogP contribution in [0.15, 0.2) is 53.9 Å². The number of nitrogens with one attached hydrogen (secondary N) is 1. The van der Waals surface area contributed by atoms with Crippen molar-refractivity contribution in [2.45, 2.75) is 42.2 Å². The molecule has 3 aromatic heterocycles. The molecular formula is C31H34F2N8O5S. The monoisotopic (exact) mass is 668 g/mol. The minimum Gasteiger partial charge on any atom is -0.434 e. The maximum atomic E-state index is 13.6. The summed E-state index contributed by atoms with van der Waals surface area (Å²) in [7, 11) is 0. The van der Waals surface area contributed by atoms with Crippen molar-refractivity contribution in [3.63, 3.8) is 0 Å². The van der Waals surface area contributed by atoms with Gasteiger partial charge < -0.3 is 24.4 Å². The number of alkyl halides is 2. The van der Waals surface area contributed by atoms with Crippen molar-refractivity contribution < 1.29 is 32.6 Å². The Morgan fingerprint density at radius 3 is 2.66 bits per heavy atom. The number of likely N-dealkylation sites (tertiary alicyclic amines) is 1. The largest absolute Gasteiger partial charge is 0.434 e. The molecular weight excluding hydrogens is 634 g/mol. The van der Waals surface area contributed by atoms with E-state index in [1.165, 1.54) is 27.7 Å². The number of thioether (sulfide) groups is 1.